The van der Waals surface area contributed by atoms with Gasteiger partial charge >= 0.3 is 0 Å². The van der Waals surface area contributed by atoms with Crippen LogP contribution in [0.3, 0.4) is 0 Å². The molecule has 1 aromatic carbocycles. The SMILES string of the molecule is O=C(NC(=NC1CCCCC1)Nc1ccccc1)c1cccs1. The molecule has 3 rings (SSSR count). The van der Waals surface area contributed by atoms with Crippen molar-refractivity contribution in [2.24, 2.45) is 4.99 Å². The third kappa shape index (κ3) is 4.66. The van der Waals surface area contributed by atoms with Gasteiger partial charge in [0.1, 0.15) is 0 Å². The van der Waals surface area contributed by atoms with Crippen molar-refractivity contribution in [2.45, 2.75) is 38.1 Å². The second-order valence-electron chi connectivity index (χ2n) is 5.69. The predicted molar refractivity (Wildman–Crippen MR) is 96.2 cm³/mol. The molecule has 1 aliphatic rings. The maximum atomic E-state index is 12.3. The molecule has 1 aliphatic carbocycles. The van der Waals surface area contributed by atoms with Gasteiger partial charge in [-0.3, -0.25) is 10.1 Å². The van der Waals surface area contributed by atoms with Gasteiger partial charge in [-0.1, -0.05) is 43.5 Å². The van der Waals surface area contributed by atoms with Gasteiger partial charge in [-0.2, -0.15) is 0 Å². The number of carbonyl (C=O) groups excluding carboxylic acids is 1. The Hall–Kier alpha value is -2.14. The van der Waals surface area contributed by atoms with Crippen molar-refractivity contribution in [3.63, 3.8) is 0 Å². The number of thiophene rings is 1. The molecule has 1 amide bonds. The quantitative estimate of drug-likeness (QED) is 0.653. The van der Waals surface area contributed by atoms with Gasteiger partial charge in [-0.05, 0) is 36.4 Å². The van der Waals surface area contributed by atoms with E-state index in [0.29, 0.717) is 16.9 Å². The Labute approximate surface area is 140 Å². The molecule has 0 radical (unpaired) electrons. The molecular weight excluding hydrogens is 306 g/mol. The second kappa shape index (κ2) is 7.92. The smallest absolute Gasteiger partial charge is 0.268 e. The fraction of sp³-hybridized carbons (Fsp3) is 0.333. The summed E-state index contributed by atoms with van der Waals surface area (Å²) in [5.74, 6) is 0.430. The fourth-order valence-electron chi connectivity index (χ4n) is 2.72. The highest BCUT2D eigenvalue weighted by atomic mass is 32.1. The first-order chi connectivity index (χ1) is 11.3. The van der Waals surface area contributed by atoms with Crippen molar-refractivity contribution in [3.8, 4) is 0 Å². The first kappa shape index (κ1) is 15.7. The van der Waals surface area contributed by atoms with Gasteiger partial charge in [-0.15, -0.1) is 11.3 Å². The molecule has 0 unspecified atom stereocenters. The third-order valence-corrected chi connectivity index (χ3v) is 4.77. The van der Waals surface area contributed by atoms with E-state index in [1.165, 1.54) is 30.6 Å². The molecule has 23 heavy (non-hydrogen) atoms. The summed E-state index contributed by atoms with van der Waals surface area (Å²) in [6, 6.07) is 13.8. The van der Waals surface area contributed by atoms with Crippen LogP contribution in [0.15, 0.2) is 52.8 Å². The molecule has 0 spiro atoms. The summed E-state index contributed by atoms with van der Waals surface area (Å²) < 4.78 is 0. The molecule has 0 saturated heterocycles. The van der Waals surface area contributed by atoms with E-state index in [1.54, 1.807) is 0 Å². The molecule has 0 atom stereocenters. The number of hydrogen-bond donors (Lipinski definition) is 2. The maximum Gasteiger partial charge on any atom is 0.268 e. The van der Waals surface area contributed by atoms with E-state index in [1.807, 2.05) is 47.8 Å². The van der Waals surface area contributed by atoms with Crippen LogP contribution in [0.4, 0.5) is 5.69 Å². The van der Waals surface area contributed by atoms with Gasteiger partial charge in [0.05, 0.1) is 10.9 Å². The summed E-state index contributed by atoms with van der Waals surface area (Å²) in [7, 11) is 0. The first-order valence-electron chi connectivity index (χ1n) is 8.06. The number of aliphatic imine (C=N–C) groups is 1. The minimum atomic E-state index is -0.113. The fourth-order valence-corrected chi connectivity index (χ4v) is 3.34. The molecule has 1 aromatic heterocycles. The van der Waals surface area contributed by atoms with Crippen molar-refractivity contribution >= 4 is 28.9 Å². The minimum absolute atomic E-state index is 0.113. The average molecular weight is 327 g/mol. The molecule has 0 aliphatic heterocycles. The lowest BCUT2D eigenvalue weighted by atomic mass is 9.96. The van der Waals surface area contributed by atoms with Crippen LogP contribution in [-0.2, 0) is 0 Å². The summed E-state index contributed by atoms with van der Waals surface area (Å²) >= 11 is 1.43. The molecular formula is C18H21N3OS. The van der Waals surface area contributed by atoms with Gasteiger partial charge in [0, 0.05) is 5.69 Å². The second-order valence-corrected chi connectivity index (χ2v) is 6.64. The van der Waals surface area contributed by atoms with E-state index in [-0.39, 0.29) is 5.91 Å². The van der Waals surface area contributed by atoms with Crippen LogP contribution in [0.25, 0.3) is 0 Å². The maximum absolute atomic E-state index is 12.3. The molecule has 2 aromatic rings. The van der Waals surface area contributed by atoms with Crippen LogP contribution >= 0.6 is 11.3 Å². The number of nitrogens with zero attached hydrogens (tertiary/aromatic N) is 1. The number of hydrogen-bond acceptors (Lipinski definition) is 3. The number of guanidine groups is 1. The first-order valence-corrected chi connectivity index (χ1v) is 8.94. The van der Waals surface area contributed by atoms with Gasteiger partial charge in [0.25, 0.3) is 5.91 Å². The Kier molecular flexibility index (Phi) is 5.42. The van der Waals surface area contributed by atoms with Crippen molar-refractivity contribution in [1.82, 2.24) is 5.32 Å². The third-order valence-electron chi connectivity index (χ3n) is 3.90. The molecule has 1 saturated carbocycles. The minimum Gasteiger partial charge on any atom is -0.326 e. The van der Waals surface area contributed by atoms with Gasteiger partial charge in [-0.25, -0.2) is 4.99 Å². The van der Waals surface area contributed by atoms with Crippen LogP contribution in [0.2, 0.25) is 0 Å². The molecule has 2 N–H and O–H groups in total. The van der Waals surface area contributed by atoms with Crippen molar-refractivity contribution < 1.29 is 4.79 Å². The number of nitrogens with one attached hydrogen (secondary N) is 2. The largest absolute Gasteiger partial charge is 0.326 e. The average Bonchev–Trinajstić information content (AvgIpc) is 3.11. The number of benzene rings is 1. The lowest BCUT2D eigenvalue weighted by molar-refractivity contribution is 0.0980. The van der Waals surface area contributed by atoms with Crippen LogP contribution in [0, 0.1) is 0 Å². The molecule has 120 valence electrons. The highest BCUT2D eigenvalue weighted by molar-refractivity contribution is 7.12. The highest BCUT2D eigenvalue weighted by Gasteiger charge is 2.15. The van der Waals surface area contributed by atoms with Crippen molar-refractivity contribution in [2.75, 3.05) is 5.32 Å². The van der Waals surface area contributed by atoms with E-state index in [2.05, 4.69) is 10.6 Å². The normalized spacial score (nSPS) is 16.1. The van der Waals surface area contributed by atoms with Crippen molar-refractivity contribution in [1.29, 1.82) is 0 Å². The van der Waals surface area contributed by atoms with Gasteiger partial charge in [0.15, 0.2) is 0 Å². The Morgan fingerprint density at radius 3 is 2.52 bits per heavy atom. The van der Waals surface area contributed by atoms with E-state index >= 15 is 0 Å². The van der Waals surface area contributed by atoms with Crippen LogP contribution in [0.5, 0.6) is 0 Å². The summed E-state index contributed by atoms with van der Waals surface area (Å²) in [6.45, 7) is 0. The summed E-state index contributed by atoms with van der Waals surface area (Å²) in [4.78, 5) is 17.8. The Bertz CT molecular complexity index is 646. The van der Waals surface area contributed by atoms with Crippen molar-refractivity contribution in [3.05, 3.63) is 52.7 Å². The van der Waals surface area contributed by atoms with Gasteiger partial charge in [0.2, 0.25) is 5.96 Å². The molecule has 4 nitrogen and oxygen atoms in total. The Morgan fingerprint density at radius 2 is 1.83 bits per heavy atom. The number of para-hydroxylation sites is 1. The number of rotatable bonds is 3. The van der Waals surface area contributed by atoms with Crippen LogP contribution in [-0.4, -0.2) is 17.9 Å². The van der Waals surface area contributed by atoms with Crippen LogP contribution in [0.1, 0.15) is 41.8 Å². The highest BCUT2D eigenvalue weighted by Crippen LogP contribution is 2.20. The molecule has 1 fully saturated rings. The summed E-state index contributed by atoms with van der Waals surface area (Å²) in [5, 5.41) is 8.07. The van der Waals surface area contributed by atoms with Crippen LogP contribution < -0.4 is 10.6 Å². The van der Waals surface area contributed by atoms with E-state index in [0.717, 1.165) is 18.5 Å². The summed E-state index contributed by atoms with van der Waals surface area (Å²) in [6.07, 6.45) is 5.90. The predicted octanol–water partition coefficient (Wildman–Crippen LogP) is 4.28. The Balaban J connectivity index is 1.74. The molecule has 0 bridgehead atoms. The Morgan fingerprint density at radius 1 is 1.04 bits per heavy atom. The van der Waals surface area contributed by atoms with E-state index in [4.69, 9.17) is 4.99 Å². The zero-order valence-electron chi connectivity index (χ0n) is 13.0. The monoisotopic (exact) mass is 327 g/mol. The topological polar surface area (TPSA) is 53.5 Å². The summed E-state index contributed by atoms with van der Waals surface area (Å²) in [5.41, 5.74) is 0.925. The standard InChI is InChI=1S/C18H21N3OS/c22-17(16-12-7-13-23-16)21-18(19-14-8-3-1-4-9-14)20-15-10-5-2-6-11-15/h1,3-4,7-9,12-13,15H,2,5-6,10-11H2,(H2,19,20,21,22). The number of carbonyl (C=O) groups is 1. The number of anilines is 1. The number of amides is 1. The zero-order chi connectivity index (χ0) is 15.9. The van der Waals surface area contributed by atoms with Gasteiger partial charge < -0.3 is 5.32 Å². The van der Waals surface area contributed by atoms with E-state index in [9.17, 15) is 4.79 Å². The zero-order valence-corrected chi connectivity index (χ0v) is 13.8. The molecule has 1 heterocycles. The van der Waals surface area contributed by atoms with E-state index < -0.39 is 0 Å². The molecule has 5 heteroatoms. The lowest BCUT2D eigenvalue weighted by Gasteiger charge is -2.20. The lowest BCUT2D eigenvalue weighted by Crippen LogP contribution is -2.37.